The average Bonchev–Trinajstić information content (AvgIpc) is 2.93. The van der Waals surface area contributed by atoms with E-state index in [9.17, 15) is 8.42 Å². The molecule has 1 saturated heterocycles. The summed E-state index contributed by atoms with van der Waals surface area (Å²) >= 11 is 0. The molecule has 0 saturated carbocycles. The maximum atomic E-state index is 12.7. The Labute approximate surface area is 124 Å². The minimum Gasteiger partial charge on any atom is -0.345 e. The quantitative estimate of drug-likeness (QED) is 0.893. The van der Waals surface area contributed by atoms with E-state index in [-0.39, 0.29) is 6.04 Å². The van der Waals surface area contributed by atoms with Crippen LogP contribution >= 0.6 is 0 Å². The number of pyridine rings is 1. The average molecular weight is 308 g/mol. The fourth-order valence-electron chi connectivity index (χ4n) is 2.80. The van der Waals surface area contributed by atoms with Gasteiger partial charge in [0.2, 0.25) is 10.0 Å². The number of H-pyrrole nitrogens is 1. The molecule has 0 amide bonds. The molecule has 1 atom stereocenters. The molecule has 0 aromatic carbocycles. The van der Waals surface area contributed by atoms with Crippen LogP contribution in [0.1, 0.15) is 19.3 Å². The molecular weight excluding hydrogens is 288 g/mol. The molecule has 1 aliphatic heterocycles. The van der Waals surface area contributed by atoms with Gasteiger partial charge in [-0.15, -0.1) is 0 Å². The van der Waals surface area contributed by atoms with Crippen molar-refractivity contribution in [2.24, 2.45) is 0 Å². The molecule has 1 fully saturated rings. The highest BCUT2D eigenvalue weighted by Crippen LogP contribution is 2.24. The molecule has 2 N–H and O–H groups in total. The number of piperidine rings is 1. The molecule has 2 aromatic rings. The van der Waals surface area contributed by atoms with Crippen molar-refractivity contribution in [3.8, 4) is 0 Å². The number of likely N-dealkylation sites (N-methyl/N-ethyl adjacent to an activating group) is 1. The van der Waals surface area contributed by atoms with Crippen LogP contribution in [0.2, 0.25) is 0 Å². The predicted molar refractivity (Wildman–Crippen MR) is 81.6 cm³/mol. The zero-order valence-corrected chi connectivity index (χ0v) is 12.9. The van der Waals surface area contributed by atoms with Crippen molar-refractivity contribution in [3.63, 3.8) is 0 Å². The highest BCUT2D eigenvalue weighted by atomic mass is 32.2. The van der Waals surface area contributed by atoms with Crippen LogP contribution in [-0.2, 0) is 10.0 Å². The first kappa shape index (κ1) is 14.5. The molecule has 1 aliphatic rings. The Bertz CT molecular complexity index is 719. The number of nitrogens with zero attached hydrogens (tertiary/aromatic N) is 2. The van der Waals surface area contributed by atoms with E-state index < -0.39 is 10.0 Å². The third-order valence-corrected chi connectivity index (χ3v) is 5.85. The van der Waals surface area contributed by atoms with Gasteiger partial charge in [-0.25, -0.2) is 13.4 Å². The van der Waals surface area contributed by atoms with Gasteiger partial charge in [-0.3, -0.25) is 0 Å². The molecule has 3 heterocycles. The van der Waals surface area contributed by atoms with E-state index >= 15 is 0 Å². The molecule has 0 spiro atoms. The summed E-state index contributed by atoms with van der Waals surface area (Å²) in [5, 5.41) is 4.02. The van der Waals surface area contributed by atoms with E-state index in [1.54, 1.807) is 25.4 Å². The van der Waals surface area contributed by atoms with Crippen molar-refractivity contribution in [1.82, 2.24) is 19.6 Å². The monoisotopic (exact) mass is 308 g/mol. The molecule has 1 unspecified atom stereocenters. The van der Waals surface area contributed by atoms with Crippen molar-refractivity contribution in [2.75, 3.05) is 20.1 Å². The lowest BCUT2D eigenvalue weighted by Crippen LogP contribution is -2.44. The van der Waals surface area contributed by atoms with Crippen molar-refractivity contribution in [3.05, 3.63) is 24.5 Å². The Balaban J connectivity index is 1.85. The number of sulfonamides is 1. The Hall–Kier alpha value is -1.44. The molecule has 0 bridgehead atoms. The number of aromatic nitrogens is 2. The van der Waals surface area contributed by atoms with Crippen LogP contribution in [0.5, 0.6) is 0 Å². The SMILES string of the molecule is CN(CC1CCCCN1)S(=O)(=O)c1c[nH]c2ncccc12. The van der Waals surface area contributed by atoms with Gasteiger partial charge in [0.1, 0.15) is 10.5 Å². The molecule has 7 heteroatoms. The third kappa shape index (κ3) is 2.81. The van der Waals surface area contributed by atoms with E-state index in [2.05, 4.69) is 15.3 Å². The predicted octanol–water partition coefficient (Wildman–Crippen LogP) is 1.33. The fraction of sp³-hybridized carbons (Fsp3) is 0.500. The van der Waals surface area contributed by atoms with Crippen molar-refractivity contribution in [1.29, 1.82) is 0 Å². The molecule has 0 aliphatic carbocycles. The van der Waals surface area contributed by atoms with Crippen LogP contribution in [0.4, 0.5) is 0 Å². The second kappa shape index (κ2) is 5.75. The summed E-state index contributed by atoms with van der Waals surface area (Å²) in [6.07, 6.45) is 6.52. The van der Waals surface area contributed by atoms with Crippen LogP contribution in [-0.4, -0.2) is 48.9 Å². The zero-order valence-electron chi connectivity index (χ0n) is 12.0. The summed E-state index contributed by atoms with van der Waals surface area (Å²) in [5.74, 6) is 0. The minimum atomic E-state index is -3.50. The number of hydrogen-bond acceptors (Lipinski definition) is 4. The maximum absolute atomic E-state index is 12.7. The molecule has 2 aromatic heterocycles. The van der Waals surface area contributed by atoms with Gasteiger partial charge in [-0.1, -0.05) is 6.42 Å². The Morgan fingerprint density at radius 2 is 2.29 bits per heavy atom. The third-order valence-electron chi connectivity index (χ3n) is 3.99. The molecule has 114 valence electrons. The largest absolute Gasteiger partial charge is 0.345 e. The highest BCUT2D eigenvalue weighted by Gasteiger charge is 2.27. The standard InChI is InChI=1S/C14H20N4O2S/c1-18(10-11-5-2-3-7-15-11)21(19,20)13-9-17-14-12(13)6-4-8-16-14/h4,6,8-9,11,15H,2-3,5,7,10H2,1H3,(H,16,17). The normalized spacial score (nSPS) is 20.2. The molecule has 0 radical (unpaired) electrons. The second-order valence-electron chi connectivity index (χ2n) is 5.48. The van der Waals surface area contributed by atoms with E-state index in [1.807, 2.05) is 0 Å². The lowest BCUT2D eigenvalue weighted by atomic mass is 10.1. The topological polar surface area (TPSA) is 78.1 Å². The molecule has 21 heavy (non-hydrogen) atoms. The van der Waals surface area contributed by atoms with E-state index in [1.165, 1.54) is 16.9 Å². The smallest absolute Gasteiger partial charge is 0.245 e. The first-order valence-electron chi connectivity index (χ1n) is 7.21. The van der Waals surface area contributed by atoms with Crippen LogP contribution < -0.4 is 5.32 Å². The maximum Gasteiger partial charge on any atom is 0.245 e. The Morgan fingerprint density at radius 3 is 3.05 bits per heavy atom. The zero-order chi connectivity index (χ0) is 14.9. The number of nitrogens with one attached hydrogen (secondary N) is 2. The fourth-order valence-corrected chi connectivity index (χ4v) is 4.16. The summed E-state index contributed by atoms with van der Waals surface area (Å²) in [7, 11) is -1.86. The van der Waals surface area contributed by atoms with Gasteiger partial charge >= 0.3 is 0 Å². The van der Waals surface area contributed by atoms with Crippen LogP contribution in [0.25, 0.3) is 11.0 Å². The summed E-state index contributed by atoms with van der Waals surface area (Å²) in [6, 6.07) is 3.76. The number of aromatic amines is 1. The first-order valence-corrected chi connectivity index (χ1v) is 8.65. The van der Waals surface area contributed by atoms with Crippen LogP contribution in [0.3, 0.4) is 0 Å². The van der Waals surface area contributed by atoms with Gasteiger partial charge in [0.15, 0.2) is 0 Å². The van der Waals surface area contributed by atoms with Crippen LogP contribution in [0, 0.1) is 0 Å². The van der Waals surface area contributed by atoms with Crippen molar-refractivity contribution >= 4 is 21.1 Å². The van der Waals surface area contributed by atoms with E-state index in [0.717, 1.165) is 19.4 Å². The highest BCUT2D eigenvalue weighted by molar-refractivity contribution is 7.89. The number of fused-ring (bicyclic) bond motifs is 1. The lowest BCUT2D eigenvalue weighted by Gasteiger charge is -2.27. The Kier molecular flexibility index (Phi) is 3.97. The number of hydrogen-bond donors (Lipinski definition) is 2. The molecule has 3 rings (SSSR count). The second-order valence-corrected chi connectivity index (χ2v) is 7.50. The van der Waals surface area contributed by atoms with Gasteiger partial charge in [0.05, 0.1) is 0 Å². The minimum absolute atomic E-state index is 0.238. The summed E-state index contributed by atoms with van der Waals surface area (Å²) in [5.41, 5.74) is 0.597. The summed E-state index contributed by atoms with van der Waals surface area (Å²) < 4.78 is 26.9. The molecule has 6 nitrogen and oxygen atoms in total. The van der Waals surface area contributed by atoms with Gasteiger partial charge in [0.25, 0.3) is 0 Å². The number of rotatable bonds is 4. The molecular formula is C14H20N4O2S. The first-order chi connectivity index (χ1) is 10.1. The van der Waals surface area contributed by atoms with Gasteiger partial charge in [-0.05, 0) is 31.5 Å². The van der Waals surface area contributed by atoms with E-state index in [0.29, 0.717) is 22.5 Å². The summed E-state index contributed by atoms with van der Waals surface area (Å²) in [6.45, 7) is 1.46. The van der Waals surface area contributed by atoms with Crippen LogP contribution in [0.15, 0.2) is 29.4 Å². The lowest BCUT2D eigenvalue weighted by molar-refractivity contribution is 0.337. The van der Waals surface area contributed by atoms with Crippen molar-refractivity contribution in [2.45, 2.75) is 30.2 Å². The van der Waals surface area contributed by atoms with Gasteiger partial charge in [0, 0.05) is 37.4 Å². The summed E-state index contributed by atoms with van der Waals surface area (Å²) in [4.78, 5) is 7.36. The van der Waals surface area contributed by atoms with Gasteiger partial charge < -0.3 is 10.3 Å². The van der Waals surface area contributed by atoms with Gasteiger partial charge in [-0.2, -0.15) is 4.31 Å². The Morgan fingerprint density at radius 1 is 1.43 bits per heavy atom. The van der Waals surface area contributed by atoms with E-state index in [4.69, 9.17) is 0 Å². The van der Waals surface area contributed by atoms with Crippen molar-refractivity contribution < 1.29 is 8.42 Å².